The number of nitrogens with zero attached hydrogens (tertiary/aromatic N) is 4. The van der Waals surface area contributed by atoms with Gasteiger partial charge >= 0.3 is 11.9 Å². The highest BCUT2D eigenvalue weighted by Crippen LogP contribution is 2.15. The van der Waals surface area contributed by atoms with Crippen molar-refractivity contribution in [2.45, 2.75) is 6.92 Å². The number of fused-ring (bicyclic) bond motifs is 2. The molecule has 1 N–H and O–H groups in total. The van der Waals surface area contributed by atoms with Gasteiger partial charge in [0.15, 0.2) is 11.4 Å². The molecule has 0 spiro atoms. The fourth-order valence-corrected chi connectivity index (χ4v) is 3.07. The van der Waals surface area contributed by atoms with Crippen LogP contribution in [0.4, 0.5) is 0 Å². The van der Waals surface area contributed by atoms with Crippen molar-refractivity contribution >= 4 is 55.1 Å². The Morgan fingerprint density at radius 3 is 2.00 bits per heavy atom. The molecule has 0 atom stereocenters. The Bertz CT molecular complexity index is 1170. The minimum absolute atomic E-state index is 0.169. The van der Waals surface area contributed by atoms with Crippen LogP contribution in [0.3, 0.4) is 0 Å². The number of pyridine rings is 2. The summed E-state index contributed by atoms with van der Waals surface area (Å²) >= 11 is 6.62. The summed E-state index contributed by atoms with van der Waals surface area (Å²) in [6.07, 6.45) is 6.29. The molecular weight excluding hydrogens is 496 g/mol. The van der Waals surface area contributed by atoms with Gasteiger partial charge in [0.05, 0.1) is 19.0 Å². The molecule has 0 saturated heterocycles. The van der Waals surface area contributed by atoms with Crippen LogP contribution in [0.25, 0.3) is 11.3 Å². The van der Waals surface area contributed by atoms with Crippen LogP contribution in [0, 0.1) is 0 Å². The third kappa shape index (κ3) is 4.23. The molecule has 0 aliphatic carbocycles. The third-order valence-electron chi connectivity index (χ3n) is 3.65. The molecular formula is C18H14Br2N4O4. The van der Waals surface area contributed by atoms with E-state index in [1.807, 2.05) is 12.1 Å². The second-order valence-corrected chi connectivity index (χ2v) is 7.29. The smallest absolute Gasteiger partial charge is 0.356 e. The standard InChI is InChI=1S/C10H9BrN2O2.C8H5BrN2O2/c1-2-15-10(14)8-6-12-9-5-7(11)3-4-13(8)9;9-5-1-2-11-6(8(12)13)4-10-7(11)3-5/h3-6H,2H2,1H3;1-4H,(H,12,13). The zero-order valence-electron chi connectivity index (χ0n) is 14.5. The maximum Gasteiger partial charge on any atom is 0.356 e. The number of ether oxygens (including phenoxy) is 1. The molecule has 0 bridgehead atoms. The predicted molar refractivity (Wildman–Crippen MR) is 109 cm³/mol. The number of carboxylic acids is 1. The predicted octanol–water partition coefficient (Wildman–Crippen LogP) is 4.07. The fraction of sp³-hybridized carbons (Fsp3) is 0.111. The molecule has 4 heterocycles. The number of hydrogen-bond acceptors (Lipinski definition) is 5. The van der Waals surface area contributed by atoms with Crippen LogP contribution in [-0.4, -0.2) is 42.4 Å². The molecule has 0 radical (unpaired) electrons. The van der Waals surface area contributed by atoms with E-state index in [-0.39, 0.29) is 11.7 Å². The van der Waals surface area contributed by atoms with Gasteiger partial charge in [-0.15, -0.1) is 0 Å². The number of carbonyl (C=O) groups is 2. The summed E-state index contributed by atoms with van der Waals surface area (Å²) in [6.45, 7) is 2.14. The first kappa shape index (κ1) is 20.0. The van der Waals surface area contributed by atoms with Crippen LogP contribution in [0.2, 0.25) is 0 Å². The lowest BCUT2D eigenvalue weighted by molar-refractivity contribution is 0.0517. The lowest BCUT2D eigenvalue weighted by atomic mass is 10.4. The normalized spacial score (nSPS) is 10.5. The molecule has 0 aliphatic rings. The zero-order chi connectivity index (χ0) is 20.3. The number of imidazole rings is 2. The monoisotopic (exact) mass is 508 g/mol. The van der Waals surface area contributed by atoms with Gasteiger partial charge in [-0.3, -0.25) is 8.80 Å². The number of hydrogen-bond donors (Lipinski definition) is 1. The highest BCUT2D eigenvalue weighted by molar-refractivity contribution is 9.10. The summed E-state index contributed by atoms with van der Waals surface area (Å²) in [5, 5.41) is 8.77. The van der Waals surface area contributed by atoms with Crippen molar-refractivity contribution in [2.75, 3.05) is 6.61 Å². The Labute approximate surface area is 176 Å². The maximum absolute atomic E-state index is 11.5. The quantitative estimate of drug-likeness (QED) is 0.418. The molecule has 0 aliphatic heterocycles. The summed E-state index contributed by atoms with van der Waals surface area (Å²) in [7, 11) is 0. The van der Waals surface area contributed by atoms with Crippen molar-refractivity contribution in [3.05, 3.63) is 69.4 Å². The summed E-state index contributed by atoms with van der Waals surface area (Å²) in [5.41, 5.74) is 1.95. The molecule has 0 unspecified atom stereocenters. The Hall–Kier alpha value is -2.72. The van der Waals surface area contributed by atoms with Crippen molar-refractivity contribution < 1.29 is 19.4 Å². The van der Waals surface area contributed by atoms with E-state index in [1.54, 1.807) is 35.9 Å². The molecule has 4 aromatic heterocycles. The topological polar surface area (TPSA) is 98.2 Å². The van der Waals surface area contributed by atoms with E-state index in [0.717, 1.165) is 8.95 Å². The van der Waals surface area contributed by atoms with Crippen molar-refractivity contribution in [1.82, 2.24) is 18.8 Å². The van der Waals surface area contributed by atoms with Crippen molar-refractivity contribution in [2.24, 2.45) is 0 Å². The van der Waals surface area contributed by atoms with E-state index in [2.05, 4.69) is 41.8 Å². The van der Waals surface area contributed by atoms with Crippen LogP contribution < -0.4 is 0 Å². The van der Waals surface area contributed by atoms with Gasteiger partial charge in [-0.25, -0.2) is 19.6 Å². The van der Waals surface area contributed by atoms with Crippen molar-refractivity contribution in [3.63, 3.8) is 0 Å². The molecule has 144 valence electrons. The average Bonchev–Trinajstić information content (AvgIpc) is 3.25. The van der Waals surface area contributed by atoms with Gasteiger partial charge in [0.25, 0.3) is 0 Å². The Morgan fingerprint density at radius 1 is 1.00 bits per heavy atom. The van der Waals surface area contributed by atoms with Crippen LogP contribution in [-0.2, 0) is 4.74 Å². The molecule has 4 aromatic rings. The van der Waals surface area contributed by atoms with Crippen LogP contribution in [0.1, 0.15) is 27.9 Å². The highest BCUT2D eigenvalue weighted by atomic mass is 79.9. The second kappa shape index (κ2) is 8.53. The number of rotatable bonds is 3. The van der Waals surface area contributed by atoms with Gasteiger partial charge < -0.3 is 9.84 Å². The van der Waals surface area contributed by atoms with Gasteiger partial charge in [-0.1, -0.05) is 31.9 Å². The first-order chi connectivity index (χ1) is 13.4. The number of halogens is 2. The van der Waals surface area contributed by atoms with E-state index in [4.69, 9.17) is 9.84 Å². The van der Waals surface area contributed by atoms with Gasteiger partial charge in [0.2, 0.25) is 0 Å². The van der Waals surface area contributed by atoms with Crippen molar-refractivity contribution in [1.29, 1.82) is 0 Å². The first-order valence-electron chi connectivity index (χ1n) is 8.06. The SMILES string of the molecule is CCOC(=O)c1cnc2cc(Br)ccn12.O=C(O)c1cnc2cc(Br)ccn12. The fourth-order valence-electron chi connectivity index (χ4n) is 2.43. The second-order valence-electron chi connectivity index (χ2n) is 5.46. The van der Waals surface area contributed by atoms with E-state index in [1.165, 1.54) is 16.8 Å². The van der Waals surface area contributed by atoms with Crippen LogP contribution in [0.15, 0.2) is 58.0 Å². The minimum atomic E-state index is -0.977. The number of carbonyl (C=O) groups excluding carboxylic acids is 1. The van der Waals surface area contributed by atoms with Gasteiger partial charge in [-0.05, 0) is 31.2 Å². The van der Waals surface area contributed by atoms with Gasteiger partial charge in [0, 0.05) is 21.3 Å². The van der Waals surface area contributed by atoms with Crippen LogP contribution >= 0.6 is 31.9 Å². The summed E-state index contributed by atoms with van der Waals surface area (Å²) in [4.78, 5) is 30.3. The number of aromatic carboxylic acids is 1. The molecule has 0 amide bonds. The summed E-state index contributed by atoms with van der Waals surface area (Å²) in [5.74, 6) is -1.33. The number of carboxylic acid groups (broad SMARTS) is 1. The largest absolute Gasteiger partial charge is 0.477 e. The lowest BCUT2D eigenvalue weighted by Gasteiger charge is -2.01. The summed E-state index contributed by atoms with van der Waals surface area (Å²) < 4.78 is 9.94. The van der Waals surface area contributed by atoms with Crippen LogP contribution in [0.5, 0.6) is 0 Å². The Morgan fingerprint density at radius 2 is 1.50 bits per heavy atom. The lowest BCUT2D eigenvalue weighted by Crippen LogP contribution is -2.07. The van der Waals surface area contributed by atoms with Gasteiger partial charge in [-0.2, -0.15) is 0 Å². The molecule has 0 saturated carbocycles. The zero-order valence-corrected chi connectivity index (χ0v) is 17.7. The minimum Gasteiger partial charge on any atom is -0.477 e. The van der Waals surface area contributed by atoms with E-state index >= 15 is 0 Å². The van der Waals surface area contributed by atoms with E-state index in [0.29, 0.717) is 23.6 Å². The number of aromatic nitrogens is 4. The Kier molecular flexibility index (Phi) is 6.10. The molecule has 8 nitrogen and oxygen atoms in total. The van der Waals surface area contributed by atoms with E-state index < -0.39 is 5.97 Å². The molecule has 10 heteroatoms. The van der Waals surface area contributed by atoms with Crippen molar-refractivity contribution in [3.8, 4) is 0 Å². The molecule has 0 fully saturated rings. The number of esters is 1. The third-order valence-corrected chi connectivity index (χ3v) is 4.64. The van der Waals surface area contributed by atoms with E-state index in [9.17, 15) is 9.59 Å². The maximum atomic E-state index is 11.5. The molecule has 28 heavy (non-hydrogen) atoms. The van der Waals surface area contributed by atoms with Gasteiger partial charge in [0.1, 0.15) is 11.3 Å². The first-order valence-corrected chi connectivity index (χ1v) is 9.65. The molecule has 0 aromatic carbocycles. The molecule has 4 rings (SSSR count). The average molecular weight is 510 g/mol. The summed E-state index contributed by atoms with van der Waals surface area (Å²) in [6, 6.07) is 7.20. The Balaban J connectivity index is 0.000000162. The highest BCUT2D eigenvalue weighted by Gasteiger charge is 2.12.